The normalized spacial score (nSPS) is 13.3. The summed E-state index contributed by atoms with van der Waals surface area (Å²) in [6.45, 7) is 3.30. The summed E-state index contributed by atoms with van der Waals surface area (Å²) in [4.78, 5) is 21.7. The monoisotopic (exact) mass is 364 g/mol. The second-order valence-electron chi connectivity index (χ2n) is 6.58. The number of non-ortho nitro benzene ring substituents is 1. The first-order valence-electron chi connectivity index (χ1n) is 8.62. The van der Waals surface area contributed by atoms with Crippen molar-refractivity contribution in [2.45, 2.75) is 19.9 Å². The standard InChI is InChI=1S/C20H17FN4O2/c1-13-10-19(24-9-8-15-11-17(21)5-2-16(15)12-24)23-20(22-13)14-3-6-18(7-4-14)25(26)27/h2-7,10-11H,8-9,12H2,1H3. The average molecular weight is 364 g/mol. The number of anilines is 1. The number of aromatic nitrogens is 2. The van der Waals surface area contributed by atoms with Gasteiger partial charge in [0.05, 0.1) is 4.92 Å². The number of rotatable bonds is 3. The molecule has 0 fully saturated rings. The Morgan fingerprint density at radius 1 is 1.07 bits per heavy atom. The molecule has 0 unspecified atom stereocenters. The van der Waals surface area contributed by atoms with E-state index in [1.54, 1.807) is 18.2 Å². The first kappa shape index (κ1) is 17.1. The molecule has 0 saturated heterocycles. The zero-order valence-electron chi connectivity index (χ0n) is 14.7. The zero-order valence-corrected chi connectivity index (χ0v) is 14.7. The number of nitrogens with zero attached hydrogens (tertiary/aromatic N) is 4. The highest BCUT2D eigenvalue weighted by atomic mass is 19.1. The van der Waals surface area contributed by atoms with Gasteiger partial charge in [0, 0.05) is 42.5 Å². The Labute approximate surface area is 155 Å². The lowest BCUT2D eigenvalue weighted by Gasteiger charge is -2.30. The molecular formula is C20H17FN4O2. The lowest BCUT2D eigenvalue weighted by molar-refractivity contribution is -0.384. The number of halogens is 1. The molecule has 0 radical (unpaired) electrons. The molecule has 0 aliphatic carbocycles. The molecule has 1 aliphatic rings. The Bertz CT molecular complexity index is 1020. The molecule has 4 rings (SSSR count). The van der Waals surface area contributed by atoms with E-state index in [-0.39, 0.29) is 11.5 Å². The molecule has 1 aromatic heterocycles. The number of nitro benzene ring substituents is 1. The SMILES string of the molecule is Cc1cc(N2CCc3cc(F)ccc3C2)nc(-c2ccc([N+](=O)[O-])cc2)n1. The molecule has 2 heterocycles. The van der Waals surface area contributed by atoms with Crippen molar-refractivity contribution < 1.29 is 9.31 Å². The molecule has 2 aromatic carbocycles. The van der Waals surface area contributed by atoms with Crippen molar-refractivity contribution >= 4 is 11.5 Å². The van der Waals surface area contributed by atoms with Crippen molar-refractivity contribution in [2.75, 3.05) is 11.4 Å². The molecular weight excluding hydrogens is 347 g/mol. The van der Waals surface area contributed by atoms with Gasteiger partial charge in [-0.3, -0.25) is 10.1 Å². The maximum absolute atomic E-state index is 13.4. The van der Waals surface area contributed by atoms with E-state index in [2.05, 4.69) is 14.9 Å². The number of nitro groups is 1. The predicted molar refractivity (Wildman–Crippen MR) is 100 cm³/mol. The van der Waals surface area contributed by atoms with Crippen LogP contribution in [0.1, 0.15) is 16.8 Å². The average Bonchev–Trinajstić information content (AvgIpc) is 2.67. The van der Waals surface area contributed by atoms with Crippen LogP contribution in [0.2, 0.25) is 0 Å². The van der Waals surface area contributed by atoms with Gasteiger partial charge < -0.3 is 4.90 Å². The van der Waals surface area contributed by atoms with Crippen molar-refractivity contribution in [3.8, 4) is 11.4 Å². The number of fused-ring (bicyclic) bond motifs is 1. The van der Waals surface area contributed by atoms with Crippen LogP contribution in [0.5, 0.6) is 0 Å². The van der Waals surface area contributed by atoms with Gasteiger partial charge in [0.15, 0.2) is 5.82 Å². The number of aryl methyl sites for hydroxylation is 1. The number of benzene rings is 2. The summed E-state index contributed by atoms with van der Waals surface area (Å²) in [5, 5.41) is 10.8. The summed E-state index contributed by atoms with van der Waals surface area (Å²) in [6, 6.07) is 13.0. The minimum atomic E-state index is -0.430. The third-order valence-electron chi connectivity index (χ3n) is 4.68. The Morgan fingerprint density at radius 3 is 2.59 bits per heavy atom. The Hall–Kier alpha value is -3.35. The van der Waals surface area contributed by atoms with Crippen molar-refractivity contribution in [3.05, 3.63) is 81.3 Å². The van der Waals surface area contributed by atoms with Gasteiger partial charge in [0.25, 0.3) is 5.69 Å². The molecule has 0 bridgehead atoms. The van der Waals surface area contributed by atoms with Gasteiger partial charge in [-0.2, -0.15) is 0 Å². The highest BCUT2D eigenvalue weighted by Crippen LogP contribution is 2.27. The molecule has 3 aromatic rings. The van der Waals surface area contributed by atoms with Crippen LogP contribution in [0, 0.1) is 22.9 Å². The van der Waals surface area contributed by atoms with E-state index in [4.69, 9.17) is 0 Å². The van der Waals surface area contributed by atoms with E-state index in [1.807, 2.05) is 19.1 Å². The van der Waals surface area contributed by atoms with Gasteiger partial charge >= 0.3 is 0 Å². The van der Waals surface area contributed by atoms with Crippen LogP contribution < -0.4 is 4.90 Å². The summed E-state index contributed by atoms with van der Waals surface area (Å²) < 4.78 is 13.4. The Balaban J connectivity index is 1.65. The Kier molecular flexibility index (Phi) is 4.27. The first-order valence-corrected chi connectivity index (χ1v) is 8.62. The van der Waals surface area contributed by atoms with Crippen LogP contribution in [-0.2, 0) is 13.0 Å². The molecule has 136 valence electrons. The molecule has 6 nitrogen and oxygen atoms in total. The van der Waals surface area contributed by atoms with Gasteiger partial charge in [0.2, 0.25) is 0 Å². The fraction of sp³-hybridized carbons (Fsp3) is 0.200. The highest BCUT2D eigenvalue weighted by molar-refractivity contribution is 5.60. The van der Waals surface area contributed by atoms with Crippen LogP contribution in [-0.4, -0.2) is 21.4 Å². The van der Waals surface area contributed by atoms with Crippen LogP contribution in [0.25, 0.3) is 11.4 Å². The summed E-state index contributed by atoms with van der Waals surface area (Å²) in [7, 11) is 0. The third kappa shape index (κ3) is 3.48. The van der Waals surface area contributed by atoms with Crippen LogP contribution in [0.3, 0.4) is 0 Å². The van der Waals surface area contributed by atoms with Crippen molar-refractivity contribution in [1.29, 1.82) is 0 Å². The maximum atomic E-state index is 13.4. The number of hydrogen-bond acceptors (Lipinski definition) is 5. The van der Waals surface area contributed by atoms with E-state index in [1.165, 1.54) is 18.2 Å². The molecule has 0 atom stereocenters. The molecule has 27 heavy (non-hydrogen) atoms. The van der Waals surface area contributed by atoms with E-state index < -0.39 is 4.92 Å². The fourth-order valence-corrected chi connectivity index (χ4v) is 3.29. The topological polar surface area (TPSA) is 72.2 Å². The van der Waals surface area contributed by atoms with Crippen molar-refractivity contribution in [1.82, 2.24) is 9.97 Å². The lowest BCUT2D eigenvalue weighted by Crippen LogP contribution is -2.31. The second-order valence-corrected chi connectivity index (χ2v) is 6.58. The quantitative estimate of drug-likeness (QED) is 0.518. The van der Waals surface area contributed by atoms with E-state index in [0.717, 1.165) is 41.2 Å². The molecule has 0 amide bonds. The van der Waals surface area contributed by atoms with Crippen LogP contribution >= 0.6 is 0 Å². The lowest BCUT2D eigenvalue weighted by atomic mass is 9.99. The van der Waals surface area contributed by atoms with Crippen LogP contribution in [0.4, 0.5) is 15.9 Å². The molecule has 0 N–H and O–H groups in total. The molecule has 0 spiro atoms. The van der Waals surface area contributed by atoms with Crippen LogP contribution in [0.15, 0.2) is 48.5 Å². The van der Waals surface area contributed by atoms with Gasteiger partial charge in [0.1, 0.15) is 11.6 Å². The fourth-order valence-electron chi connectivity index (χ4n) is 3.29. The second kappa shape index (κ2) is 6.75. The third-order valence-corrected chi connectivity index (χ3v) is 4.68. The van der Waals surface area contributed by atoms with Gasteiger partial charge in [-0.1, -0.05) is 6.07 Å². The summed E-state index contributed by atoms with van der Waals surface area (Å²) in [5.74, 6) is 1.12. The summed E-state index contributed by atoms with van der Waals surface area (Å²) in [5.41, 5.74) is 3.71. The molecule has 1 aliphatic heterocycles. The summed E-state index contributed by atoms with van der Waals surface area (Å²) in [6.07, 6.45) is 0.753. The van der Waals surface area contributed by atoms with Crippen molar-refractivity contribution in [2.24, 2.45) is 0 Å². The van der Waals surface area contributed by atoms with Gasteiger partial charge in [-0.15, -0.1) is 0 Å². The molecule has 7 heteroatoms. The minimum absolute atomic E-state index is 0.0338. The largest absolute Gasteiger partial charge is 0.352 e. The van der Waals surface area contributed by atoms with E-state index >= 15 is 0 Å². The smallest absolute Gasteiger partial charge is 0.269 e. The number of hydrogen-bond donors (Lipinski definition) is 0. The van der Waals surface area contributed by atoms with Gasteiger partial charge in [-0.25, -0.2) is 14.4 Å². The van der Waals surface area contributed by atoms with E-state index in [0.29, 0.717) is 12.4 Å². The highest BCUT2D eigenvalue weighted by Gasteiger charge is 2.19. The van der Waals surface area contributed by atoms with Crippen molar-refractivity contribution in [3.63, 3.8) is 0 Å². The molecule has 0 saturated carbocycles. The van der Waals surface area contributed by atoms with Gasteiger partial charge in [-0.05, 0) is 48.7 Å². The first-order chi connectivity index (χ1) is 13.0. The zero-order chi connectivity index (χ0) is 19.0. The predicted octanol–water partition coefficient (Wildman–Crippen LogP) is 4.06. The summed E-state index contributed by atoms with van der Waals surface area (Å²) >= 11 is 0. The van der Waals surface area contributed by atoms with E-state index in [9.17, 15) is 14.5 Å². The minimum Gasteiger partial charge on any atom is -0.352 e. The maximum Gasteiger partial charge on any atom is 0.269 e. The Morgan fingerprint density at radius 2 is 1.85 bits per heavy atom.